The number of carbonyl (C=O) groups excluding carboxylic acids is 2. The summed E-state index contributed by atoms with van der Waals surface area (Å²) in [4.78, 5) is 28.1. The monoisotopic (exact) mass is 288 g/mol. The second-order valence-corrected chi connectivity index (χ2v) is 5.67. The summed E-state index contributed by atoms with van der Waals surface area (Å²) in [6.07, 6.45) is 1.57. The standard InChI is InChI=1S/C16H20N2O3/c1-21-14-4-2-3-12(9-14)15(19)11-17-7-8-18-13(10-17)5-6-16(18)20/h2-4,9,13H,5-8,10-11H2,1H3. The lowest BCUT2D eigenvalue weighted by atomic mass is 10.1. The number of Topliss-reactive ketones (excluding diaryl/α,β-unsaturated/α-hetero) is 1. The number of ketones is 1. The minimum atomic E-state index is 0.103. The Balaban J connectivity index is 1.61. The number of rotatable bonds is 4. The maximum Gasteiger partial charge on any atom is 0.222 e. The maximum absolute atomic E-state index is 12.4. The van der Waals surface area contributed by atoms with E-state index < -0.39 is 0 Å². The summed E-state index contributed by atoms with van der Waals surface area (Å²) in [5.74, 6) is 1.07. The fourth-order valence-electron chi connectivity index (χ4n) is 3.16. The Morgan fingerprint density at radius 2 is 2.24 bits per heavy atom. The molecule has 1 unspecified atom stereocenters. The highest BCUT2D eigenvalue weighted by Gasteiger charge is 2.35. The maximum atomic E-state index is 12.4. The number of carbonyl (C=O) groups is 2. The molecule has 0 aromatic heterocycles. The van der Waals surface area contributed by atoms with Gasteiger partial charge in [-0.05, 0) is 18.6 Å². The summed E-state index contributed by atoms with van der Waals surface area (Å²) >= 11 is 0. The molecule has 0 N–H and O–H groups in total. The van der Waals surface area contributed by atoms with Crippen molar-refractivity contribution in [3.05, 3.63) is 29.8 Å². The van der Waals surface area contributed by atoms with E-state index in [0.717, 1.165) is 26.1 Å². The van der Waals surface area contributed by atoms with E-state index in [1.807, 2.05) is 23.1 Å². The summed E-state index contributed by atoms with van der Waals surface area (Å²) in [5, 5.41) is 0. The van der Waals surface area contributed by atoms with Gasteiger partial charge in [0, 0.05) is 37.7 Å². The molecule has 0 aliphatic carbocycles. The van der Waals surface area contributed by atoms with Crippen LogP contribution in [0.2, 0.25) is 0 Å². The molecule has 0 bridgehead atoms. The molecule has 2 fully saturated rings. The molecule has 21 heavy (non-hydrogen) atoms. The smallest absolute Gasteiger partial charge is 0.222 e. The minimum absolute atomic E-state index is 0.103. The number of nitrogens with zero attached hydrogens (tertiary/aromatic N) is 2. The fourth-order valence-corrected chi connectivity index (χ4v) is 3.16. The zero-order chi connectivity index (χ0) is 14.8. The van der Waals surface area contributed by atoms with Crippen LogP contribution in [0, 0.1) is 0 Å². The molecule has 1 aromatic rings. The number of hydrogen-bond acceptors (Lipinski definition) is 4. The van der Waals surface area contributed by atoms with Crippen molar-refractivity contribution in [2.75, 3.05) is 33.3 Å². The van der Waals surface area contributed by atoms with Gasteiger partial charge in [-0.15, -0.1) is 0 Å². The van der Waals surface area contributed by atoms with Crippen LogP contribution >= 0.6 is 0 Å². The van der Waals surface area contributed by atoms with Gasteiger partial charge in [-0.25, -0.2) is 0 Å². The molecule has 0 radical (unpaired) electrons. The Labute approximate surface area is 124 Å². The third-order valence-electron chi connectivity index (χ3n) is 4.34. The summed E-state index contributed by atoms with van der Waals surface area (Å²) in [6, 6.07) is 7.56. The molecule has 1 amide bonds. The molecule has 3 rings (SSSR count). The molecule has 1 atom stereocenters. The van der Waals surface area contributed by atoms with Crippen LogP contribution in [-0.4, -0.2) is 60.8 Å². The summed E-state index contributed by atoms with van der Waals surface area (Å²) in [7, 11) is 1.60. The molecule has 0 spiro atoms. The van der Waals surface area contributed by atoms with Gasteiger partial charge in [-0.2, -0.15) is 0 Å². The first kappa shape index (κ1) is 14.1. The lowest BCUT2D eigenvalue weighted by Crippen LogP contribution is -2.52. The first-order valence-corrected chi connectivity index (χ1v) is 7.36. The van der Waals surface area contributed by atoms with Gasteiger partial charge in [-0.3, -0.25) is 14.5 Å². The van der Waals surface area contributed by atoms with Gasteiger partial charge < -0.3 is 9.64 Å². The number of piperazine rings is 1. The summed E-state index contributed by atoms with van der Waals surface area (Å²) in [5.41, 5.74) is 0.680. The number of amides is 1. The molecule has 2 aliphatic rings. The van der Waals surface area contributed by atoms with Gasteiger partial charge in [0.15, 0.2) is 5.78 Å². The zero-order valence-electron chi connectivity index (χ0n) is 12.2. The van der Waals surface area contributed by atoms with Crippen molar-refractivity contribution in [2.24, 2.45) is 0 Å². The lowest BCUT2D eigenvalue weighted by Gasteiger charge is -2.37. The highest BCUT2D eigenvalue weighted by atomic mass is 16.5. The fraction of sp³-hybridized carbons (Fsp3) is 0.500. The molecule has 5 heteroatoms. The predicted octanol–water partition coefficient (Wildman–Crippen LogP) is 1.18. The van der Waals surface area contributed by atoms with E-state index in [2.05, 4.69) is 4.90 Å². The van der Waals surface area contributed by atoms with Crippen LogP contribution in [0.25, 0.3) is 0 Å². The van der Waals surface area contributed by atoms with Crippen LogP contribution in [0.15, 0.2) is 24.3 Å². The molecule has 0 saturated carbocycles. The highest BCUT2D eigenvalue weighted by molar-refractivity contribution is 5.98. The Morgan fingerprint density at radius 3 is 3.05 bits per heavy atom. The molecule has 2 saturated heterocycles. The van der Waals surface area contributed by atoms with Crippen molar-refractivity contribution >= 4 is 11.7 Å². The van der Waals surface area contributed by atoms with Crippen LogP contribution in [0.1, 0.15) is 23.2 Å². The van der Waals surface area contributed by atoms with E-state index in [-0.39, 0.29) is 11.7 Å². The van der Waals surface area contributed by atoms with E-state index in [0.29, 0.717) is 30.3 Å². The second-order valence-electron chi connectivity index (χ2n) is 5.67. The largest absolute Gasteiger partial charge is 0.497 e. The molecular formula is C16H20N2O3. The SMILES string of the molecule is COc1cccc(C(=O)CN2CCN3C(=O)CCC3C2)c1. The van der Waals surface area contributed by atoms with Gasteiger partial charge in [0.25, 0.3) is 0 Å². The molecule has 2 aliphatic heterocycles. The Hall–Kier alpha value is -1.88. The van der Waals surface area contributed by atoms with Crippen LogP contribution in [0.4, 0.5) is 0 Å². The average Bonchev–Trinajstić information content (AvgIpc) is 2.88. The normalized spacial score (nSPS) is 22.2. The molecule has 112 valence electrons. The van der Waals surface area contributed by atoms with Gasteiger partial charge >= 0.3 is 0 Å². The third kappa shape index (κ3) is 2.93. The van der Waals surface area contributed by atoms with E-state index in [1.165, 1.54) is 0 Å². The quantitative estimate of drug-likeness (QED) is 0.781. The van der Waals surface area contributed by atoms with Gasteiger partial charge in [0.2, 0.25) is 5.91 Å². The van der Waals surface area contributed by atoms with Crippen molar-refractivity contribution in [1.82, 2.24) is 9.80 Å². The molecule has 5 nitrogen and oxygen atoms in total. The number of methoxy groups -OCH3 is 1. The van der Waals surface area contributed by atoms with E-state index >= 15 is 0 Å². The topological polar surface area (TPSA) is 49.9 Å². The number of hydrogen-bond donors (Lipinski definition) is 0. The van der Waals surface area contributed by atoms with Gasteiger partial charge in [-0.1, -0.05) is 12.1 Å². The van der Waals surface area contributed by atoms with Crippen LogP contribution in [0.3, 0.4) is 0 Å². The first-order valence-electron chi connectivity index (χ1n) is 7.36. The van der Waals surface area contributed by atoms with E-state index in [1.54, 1.807) is 13.2 Å². The number of ether oxygens (including phenoxy) is 1. The van der Waals surface area contributed by atoms with Crippen molar-refractivity contribution < 1.29 is 14.3 Å². The Bertz CT molecular complexity index is 558. The predicted molar refractivity (Wildman–Crippen MR) is 78.5 cm³/mol. The van der Waals surface area contributed by atoms with Crippen molar-refractivity contribution in [2.45, 2.75) is 18.9 Å². The van der Waals surface area contributed by atoms with E-state index in [9.17, 15) is 9.59 Å². The third-order valence-corrected chi connectivity index (χ3v) is 4.34. The van der Waals surface area contributed by atoms with Crippen molar-refractivity contribution in [3.63, 3.8) is 0 Å². The number of fused-ring (bicyclic) bond motifs is 1. The minimum Gasteiger partial charge on any atom is -0.497 e. The van der Waals surface area contributed by atoms with Crippen LogP contribution in [-0.2, 0) is 4.79 Å². The van der Waals surface area contributed by atoms with Crippen molar-refractivity contribution in [3.8, 4) is 5.75 Å². The second kappa shape index (κ2) is 5.85. The van der Waals surface area contributed by atoms with E-state index in [4.69, 9.17) is 4.74 Å². The lowest BCUT2D eigenvalue weighted by molar-refractivity contribution is -0.130. The molecule has 1 aromatic carbocycles. The Kier molecular flexibility index (Phi) is 3.92. The van der Waals surface area contributed by atoms with Gasteiger partial charge in [0.05, 0.1) is 13.7 Å². The van der Waals surface area contributed by atoms with Crippen molar-refractivity contribution in [1.29, 1.82) is 0 Å². The Morgan fingerprint density at radius 1 is 1.38 bits per heavy atom. The van der Waals surface area contributed by atoms with Gasteiger partial charge in [0.1, 0.15) is 5.75 Å². The first-order chi connectivity index (χ1) is 10.2. The molecule has 2 heterocycles. The van der Waals surface area contributed by atoms with Crippen LogP contribution < -0.4 is 4.74 Å². The van der Waals surface area contributed by atoms with Crippen LogP contribution in [0.5, 0.6) is 5.75 Å². The molecular weight excluding hydrogens is 268 g/mol. The highest BCUT2D eigenvalue weighted by Crippen LogP contribution is 2.23. The summed E-state index contributed by atoms with van der Waals surface area (Å²) in [6.45, 7) is 2.74. The number of benzene rings is 1. The zero-order valence-corrected chi connectivity index (χ0v) is 12.2. The average molecular weight is 288 g/mol. The summed E-state index contributed by atoms with van der Waals surface area (Å²) < 4.78 is 5.15.